The monoisotopic (exact) mass is 218 g/mol. The van der Waals surface area contributed by atoms with Gasteiger partial charge in [-0.1, -0.05) is 23.4 Å². The van der Waals surface area contributed by atoms with E-state index in [2.05, 4.69) is 11.8 Å². The van der Waals surface area contributed by atoms with E-state index in [1.165, 1.54) is 0 Å². The van der Waals surface area contributed by atoms with Crippen molar-refractivity contribution in [3.63, 3.8) is 0 Å². The quantitative estimate of drug-likeness (QED) is 0.725. The fourth-order valence-corrected chi connectivity index (χ4v) is 1.08. The number of benzene rings is 1. The second-order valence-corrected chi connectivity index (χ2v) is 3.16. The predicted molar refractivity (Wildman–Crippen MR) is 56.9 cm³/mol. The van der Waals surface area contributed by atoms with Crippen LogP contribution in [0.5, 0.6) is 0 Å². The van der Waals surface area contributed by atoms with Crippen molar-refractivity contribution in [1.29, 1.82) is 5.26 Å². The first-order valence-electron chi connectivity index (χ1n) is 4.10. The number of halogens is 1. The molecule has 0 aliphatic rings. The Balaban J connectivity index is 2.92. The van der Waals surface area contributed by atoms with Gasteiger partial charge in [0.2, 0.25) is 5.91 Å². The van der Waals surface area contributed by atoms with Gasteiger partial charge in [0.25, 0.3) is 0 Å². The van der Waals surface area contributed by atoms with Gasteiger partial charge >= 0.3 is 0 Å². The van der Waals surface area contributed by atoms with E-state index in [1.54, 1.807) is 18.2 Å². The highest BCUT2D eigenvalue weighted by molar-refractivity contribution is 6.31. The molecule has 15 heavy (non-hydrogen) atoms. The number of carbonyl (C=O) groups excluding carboxylic acids is 1. The van der Waals surface area contributed by atoms with Crippen LogP contribution in [0.4, 0.5) is 0 Å². The van der Waals surface area contributed by atoms with Gasteiger partial charge in [-0.3, -0.25) is 4.79 Å². The summed E-state index contributed by atoms with van der Waals surface area (Å²) in [5.74, 6) is 4.84. The molecule has 0 saturated carbocycles. The highest BCUT2D eigenvalue weighted by atomic mass is 35.5. The number of primary amides is 1. The van der Waals surface area contributed by atoms with E-state index in [9.17, 15) is 4.79 Å². The molecule has 2 N–H and O–H groups in total. The van der Waals surface area contributed by atoms with Crippen molar-refractivity contribution in [3.8, 4) is 17.9 Å². The second-order valence-electron chi connectivity index (χ2n) is 2.75. The molecule has 0 atom stereocenters. The van der Waals surface area contributed by atoms with Gasteiger partial charge < -0.3 is 5.73 Å². The molecular formula is C11H7ClN2O. The number of amides is 1. The van der Waals surface area contributed by atoms with Crippen molar-refractivity contribution in [2.75, 3.05) is 0 Å². The maximum atomic E-state index is 10.4. The summed E-state index contributed by atoms with van der Waals surface area (Å²) in [4.78, 5) is 10.4. The Morgan fingerprint density at radius 1 is 1.53 bits per heavy atom. The van der Waals surface area contributed by atoms with Crippen molar-refractivity contribution in [2.24, 2.45) is 5.73 Å². The highest BCUT2D eigenvalue weighted by Gasteiger charge is 1.98. The van der Waals surface area contributed by atoms with E-state index in [0.29, 0.717) is 16.1 Å². The van der Waals surface area contributed by atoms with Gasteiger partial charge in [0.05, 0.1) is 17.0 Å². The first-order chi connectivity index (χ1) is 7.13. The van der Waals surface area contributed by atoms with E-state index in [-0.39, 0.29) is 6.42 Å². The number of hydrogen-bond acceptors (Lipinski definition) is 2. The van der Waals surface area contributed by atoms with E-state index in [1.807, 2.05) is 6.07 Å². The lowest BCUT2D eigenvalue weighted by Crippen LogP contribution is -2.08. The summed E-state index contributed by atoms with van der Waals surface area (Å²) in [6.07, 6.45) is 0.00448. The molecule has 0 saturated heterocycles. The lowest BCUT2D eigenvalue weighted by molar-refractivity contribution is -0.117. The molecule has 1 rings (SSSR count). The van der Waals surface area contributed by atoms with Crippen LogP contribution >= 0.6 is 11.6 Å². The summed E-state index contributed by atoms with van der Waals surface area (Å²) in [6, 6.07) is 6.78. The number of rotatable bonds is 1. The molecule has 0 aromatic heterocycles. The minimum Gasteiger partial charge on any atom is -0.369 e. The van der Waals surface area contributed by atoms with Crippen molar-refractivity contribution in [1.82, 2.24) is 0 Å². The molecule has 0 fully saturated rings. The standard InChI is InChI=1S/C11H7ClN2O/c12-10-5-4-8(6-9(10)7-13)2-1-3-11(14)15/h4-6H,3H2,(H2,14,15). The lowest BCUT2D eigenvalue weighted by Gasteiger charge is -1.94. The number of nitrogens with zero attached hydrogens (tertiary/aromatic N) is 1. The topological polar surface area (TPSA) is 66.9 Å². The molecule has 0 unspecified atom stereocenters. The van der Waals surface area contributed by atoms with Gasteiger partial charge in [-0.2, -0.15) is 5.26 Å². The number of carbonyl (C=O) groups is 1. The van der Waals surface area contributed by atoms with Crippen LogP contribution in [0.3, 0.4) is 0 Å². The van der Waals surface area contributed by atoms with Crippen LogP contribution in [0.2, 0.25) is 5.02 Å². The smallest absolute Gasteiger partial charge is 0.229 e. The predicted octanol–water partition coefficient (Wildman–Crippen LogP) is 1.44. The summed E-state index contributed by atoms with van der Waals surface area (Å²) in [5.41, 5.74) is 5.92. The molecule has 74 valence electrons. The highest BCUT2D eigenvalue weighted by Crippen LogP contribution is 2.15. The summed E-state index contributed by atoms with van der Waals surface area (Å²) in [7, 11) is 0. The Bertz CT molecular complexity index is 492. The van der Waals surface area contributed by atoms with Crippen molar-refractivity contribution in [2.45, 2.75) is 6.42 Å². The average Bonchev–Trinajstić information content (AvgIpc) is 2.20. The van der Waals surface area contributed by atoms with E-state index in [0.717, 1.165) is 0 Å². The maximum Gasteiger partial charge on any atom is 0.229 e. The van der Waals surface area contributed by atoms with Crippen LogP contribution in [0.1, 0.15) is 17.5 Å². The van der Waals surface area contributed by atoms with Gasteiger partial charge in [0.1, 0.15) is 6.07 Å². The van der Waals surface area contributed by atoms with Crippen LogP contribution in [0.25, 0.3) is 0 Å². The Hall–Kier alpha value is -1.97. The van der Waals surface area contributed by atoms with E-state index < -0.39 is 5.91 Å². The van der Waals surface area contributed by atoms with Gasteiger partial charge in [-0.25, -0.2) is 0 Å². The molecule has 1 aromatic rings. The minimum atomic E-state index is -0.475. The summed E-state index contributed by atoms with van der Waals surface area (Å²) in [6.45, 7) is 0. The zero-order valence-electron chi connectivity index (χ0n) is 7.75. The summed E-state index contributed by atoms with van der Waals surface area (Å²) in [5, 5.41) is 9.09. The minimum absolute atomic E-state index is 0.00448. The van der Waals surface area contributed by atoms with E-state index in [4.69, 9.17) is 22.6 Å². The molecule has 0 aliphatic heterocycles. The zero-order chi connectivity index (χ0) is 11.3. The van der Waals surface area contributed by atoms with E-state index >= 15 is 0 Å². The first kappa shape index (κ1) is 11.1. The third kappa shape index (κ3) is 3.34. The summed E-state index contributed by atoms with van der Waals surface area (Å²) < 4.78 is 0. The molecule has 0 radical (unpaired) electrons. The maximum absolute atomic E-state index is 10.4. The van der Waals surface area contributed by atoms with Crippen molar-refractivity contribution >= 4 is 17.5 Å². The largest absolute Gasteiger partial charge is 0.369 e. The average molecular weight is 219 g/mol. The van der Waals surface area contributed by atoms with Crippen molar-refractivity contribution < 1.29 is 4.79 Å². The molecule has 1 aromatic carbocycles. The van der Waals surface area contributed by atoms with Gasteiger partial charge in [0.15, 0.2) is 0 Å². The molecule has 0 spiro atoms. The second kappa shape index (κ2) is 5.05. The molecule has 1 amide bonds. The van der Waals surface area contributed by atoms with Crippen LogP contribution < -0.4 is 5.73 Å². The fourth-order valence-electron chi connectivity index (χ4n) is 0.922. The van der Waals surface area contributed by atoms with Crippen LogP contribution in [0, 0.1) is 23.2 Å². The SMILES string of the molecule is N#Cc1cc(C#CCC(N)=O)ccc1Cl. The molecule has 4 heteroatoms. The molecule has 0 bridgehead atoms. The Kier molecular flexibility index (Phi) is 3.74. The normalized spacial score (nSPS) is 8.53. The zero-order valence-corrected chi connectivity index (χ0v) is 8.51. The third-order valence-corrected chi connectivity index (χ3v) is 1.91. The molecular weight excluding hydrogens is 212 g/mol. The van der Waals surface area contributed by atoms with Crippen LogP contribution in [-0.4, -0.2) is 5.91 Å². The number of nitrogens with two attached hydrogens (primary N) is 1. The molecule has 0 heterocycles. The Morgan fingerprint density at radius 3 is 2.87 bits per heavy atom. The Morgan fingerprint density at radius 2 is 2.27 bits per heavy atom. The van der Waals surface area contributed by atoms with Gasteiger partial charge in [0, 0.05) is 5.56 Å². The number of nitriles is 1. The summed E-state index contributed by atoms with van der Waals surface area (Å²) >= 11 is 5.74. The Labute approximate surface area is 92.5 Å². The fraction of sp³-hybridized carbons (Fsp3) is 0.0909. The third-order valence-electron chi connectivity index (χ3n) is 1.58. The first-order valence-corrected chi connectivity index (χ1v) is 4.48. The van der Waals surface area contributed by atoms with Crippen LogP contribution in [-0.2, 0) is 4.79 Å². The van der Waals surface area contributed by atoms with Crippen molar-refractivity contribution in [3.05, 3.63) is 34.3 Å². The van der Waals surface area contributed by atoms with Gasteiger partial charge in [-0.15, -0.1) is 0 Å². The molecule has 3 nitrogen and oxygen atoms in total. The number of hydrogen-bond donors (Lipinski definition) is 1. The van der Waals surface area contributed by atoms with Gasteiger partial charge in [-0.05, 0) is 18.2 Å². The van der Waals surface area contributed by atoms with Crippen LogP contribution in [0.15, 0.2) is 18.2 Å². The lowest BCUT2D eigenvalue weighted by atomic mass is 10.1. The molecule has 0 aliphatic carbocycles.